The lowest BCUT2D eigenvalue weighted by Crippen LogP contribution is -2.14. The number of imidazole rings is 1. The molecule has 0 fully saturated rings. The van der Waals surface area contributed by atoms with Gasteiger partial charge in [0.15, 0.2) is 0 Å². The first-order valence-corrected chi connectivity index (χ1v) is 9.25. The molecular formula is C21H15ClFN5O2. The normalized spacial score (nSPS) is 10.6. The Morgan fingerprint density at radius 2 is 1.93 bits per heavy atom. The van der Waals surface area contributed by atoms with Gasteiger partial charge in [0.1, 0.15) is 29.5 Å². The summed E-state index contributed by atoms with van der Waals surface area (Å²) in [6, 6.07) is 12.3. The predicted octanol–water partition coefficient (Wildman–Crippen LogP) is 4.81. The van der Waals surface area contributed by atoms with Gasteiger partial charge < -0.3 is 10.1 Å². The minimum absolute atomic E-state index is 0.0418. The van der Waals surface area contributed by atoms with Crippen LogP contribution in [0.2, 0.25) is 5.02 Å². The monoisotopic (exact) mass is 423 g/mol. The molecule has 30 heavy (non-hydrogen) atoms. The Balaban J connectivity index is 1.47. The van der Waals surface area contributed by atoms with Crippen LogP contribution in [-0.4, -0.2) is 25.4 Å². The molecule has 0 aliphatic rings. The van der Waals surface area contributed by atoms with Crippen LogP contribution in [0.3, 0.4) is 0 Å². The molecule has 9 heteroatoms. The zero-order valence-electron chi connectivity index (χ0n) is 15.7. The van der Waals surface area contributed by atoms with E-state index in [0.29, 0.717) is 23.1 Å². The highest BCUT2D eigenvalue weighted by Gasteiger charge is 2.16. The topological polar surface area (TPSA) is 81.9 Å². The minimum Gasteiger partial charge on any atom is -0.439 e. The van der Waals surface area contributed by atoms with Gasteiger partial charge in [-0.15, -0.1) is 0 Å². The van der Waals surface area contributed by atoms with Crippen molar-refractivity contribution in [2.75, 3.05) is 5.32 Å². The summed E-state index contributed by atoms with van der Waals surface area (Å²) in [5, 5.41) is 2.65. The van der Waals surface area contributed by atoms with Crippen LogP contribution in [-0.2, 0) is 0 Å². The second-order valence-corrected chi connectivity index (χ2v) is 6.64. The second-order valence-electron chi connectivity index (χ2n) is 6.24. The summed E-state index contributed by atoms with van der Waals surface area (Å²) < 4.78 is 21.5. The van der Waals surface area contributed by atoms with Crippen LogP contribution in [0.25, 0.3) is 5.82 Å². The van der Waals surface area contributed by atoms with Crippen molar-refractivity contribution in [3.8, 4) is 17.4 Å². The van der Waals surface area contributed by atoms with Gasteiger partial charge in [0, 0.05) is 24.1 Å². The number of hydrogen-bond donors (Lipinski definition) is 1. The molecule has 0 saturated heterocycles. The quantitative estimate of drug-likeness (QED) is 0.498. The van der Waals surface area contributed by atoms with Crippen molar-refractivity contribution in [2.24, 2.45) is 0 Å². The molecule has 1 N–H and O–H groups in total. The van der Waals surface area contributed by atoms with Gasteiger partial charge >= 0.3 is 0 Å². The van der Waals surface area contributed by atoms with Gasteiger partial charge in [-0.3, -0.25) is 9.36 Å². The first-order valence-electron chi connectivity index (χ1n) is 8.87. The van der Waals surface area contributed by atoms with E-state index in [4.69, 9.17) is 16.3 Å². The number of nitrogens with zero attached hydrogens (tertiary/aromatic N) is 4. The highest BCUT2D eigenvalue weighted by atomic mass is 35.5. The van der Waals surface area contributed by atoms with E-state index in [9.17, 15) is 9.18 Å². The number of ether oxygens (including phenoxy) is 1. The van der Waals surface area contributed by atoms with Gasteiger partial charge in [-0.25, -0.2) is 19.3 Å². The van der Waals surface area contributed by atoms with Crippen LogP contribution in [0.1, 0.15) is 16.2 Å². The molecule has 1 amide bonds. The average molecular weight is 424 g/mol. The molecule has 0 unspecified atom stereocenters. The molecule has 150 valence electrons. The Labute approximate surface area is 176 Å². The molecule has 4 rings (SSSR count). The molecule has 0 aliphatic carbocycles. The van der Waals surface area contributed by atoms with E-state index in [1.807, 2.05) is 6.92 Å². The fraction of sp³-hybridized carbons (Fsp3) is 0.0476. The predicted molar refractivity (Wildman–Crippen MR) is 110 cm³/mol. The van der Waals surface area contributed by atoms with E-state index in [2.05, 4.69) is 20.3 Å². The van der Waals surface area contributed by atoms with Crippen molar-refractivity contribution in [3.05, 3.63) is 89.5 Å². The van der Waals surface area contributed by atoms with Crippen molar-refractivity contribution in [3.63, 3.8) is 0 Å². The Morgan fingerprint density at radius 3 is 2.63 bits per heavy atom. The van der Waals surface area contributed by atoms with E-state index in [0.717, 1.165) is 5.82 Å². The molecule has 2 heterocycles. The first-order chi connectivity index (χ1) is 14.5. The highest BCUT2D eigenvalue weighted by Crippen LogP contribution is 2.24. The smallest absolute Gasteiger partial charge is 0.260 e. The third-order valence-corrected chi connectivity index (χ3v) is 4.54. The van der Waals surface area contributed by atoms with Crippen molar-refractivity contribution >= 4 is 23.2 Å². The Hall–Kier alpha value is -3.78. The van der Waals surface area contributed by atoms with E-state index >= 15 is 0 Å². The Bertz CT molecular complexity index is 1190. The van der Waals surface area contributed by atoms with Crippen molar-refractivity contribution < 1.29 is 13.9 Å². The summed E-state index contributed by atoms with van der Waals surface area (Å²) in [4.78, 5) is 24.8. The maximum Gasteiger partial charge on any atom is 0.260 e. The molecule has 0 bridgehead atoms. The average Bonchev–Trinajstić information content (AvgIpc) is 3.15. The van der Waals surface area contributed by atoms with Crippen LogP contribution in [0.5, 0.6) is 11.6 Å². The van der Waals surface area contributed by atoms with Crippen LogP contribution < -0.4 is 10.1 Å². The molecule has 0 radical (unpaired) electrons. The number of rotatable bonds is 5. The van der Waals surface area contributed by atoms with Crippen LogP contribution in [0.4, 0.5) is 10.1 Å². The SMILES string of the molecule is Cc1nccn1-c1cc(Oc2ccc(NC(=O)c3c(F)cccc3Cl)cc2)ncn1. The number of hydrogen-bond acceptors (Lipinski definition) is 5. The van der Waals surface area contributed by atoms with E-state index in [1.165, 1.54) is 24.5 Å². The third kappa shape index (κ3) is 4.13. The molecule has 2 aromatic carbocycles. The summed E-state index contributed by atoms with van der Waals surface area (Å²) >= 11 is 5.93. The number of benzene rings is 2. The molecular weight excluding hydrogens is 409 g/mol. The molecule has 0 saturated carbocycles. The van der Waals surface area contributed by atoms with Crippen LogP contribution in [0, 0.1) is 12.7 Å². The van der Waals surface area contributed by atoms with E-state index in [-0.39, 0.29) is 10.6 Å². The molecule has 0 atom stereocenters. The third-order valence-electron chi connectivity index (χ3n) is 4.22. The second kappa shape index (κ2) is 8.30. The minimum atomic E-state index is -0.687. The fourth-order valence-corrected chi connectivity index (χ4v) is 3.02. The lowest BCUT2D eigenvalue weighted by atomic mass is 10.2. The molecule has 0 spiro atoms. The zero-order valence-corrected chi connectivity index (χ0v) is 16.5. The highest BCUT2D eigenvalue weighted by molar-refractivity contribution is 6.34. The number of halogens is 2. The van der Waals surface area contributed by atoms with Gasteiger partial charge in [-0.2, -0.15) is 0 Å². The van der Waals surface area contributed by atoms with Crippen molar-refractivity contribution in [1.29, 1.82) is 0 Å². The number of carbonyl (C=O) groups excluding carboxylic acids is 1. The fourth-order valence-electron chi connectivity index (χ4n) is 2.77. The zero-order chi connectivity index (χ0) is 21.1. The van der Waals surface area contributed by atoms with Gasteiger partial charge in [-0.1, -0.05) is 17.7 Å². The van der Waals surface area contributed by atoms with Gasteiger partial charge in [0.2, 0.25) is 5.88 Å². The number of nitrogens with one attached hydrogen (secondary N) is 1. The Kier molecular flexibility index (Phi) is 5.40. The van der Waals surface area contributed by atoms with Crippen LogP contribution >= 0.6 is 11.6 Å². The number of carbonyl (C=O) groups is 1. The molecule has 7 nitrogen and oxygen atoms in total. The lowest BCUT2D eigenvalue weighted by Gasteiger charge is -2.10. The summed E-state index contributed by atoms with van der Waals surface area (Å²) in [7, 11) is 0. The van der Waals surface area contributed by atoms with Gasteiger partial charge in [0.05, 0.1) is 10.6 Å². The lowest BCUT2D eigenvalue weighted by molar-refractivity contribution is 0.102. The summed E-state index contributed by atoms with van der Waals surface area (Å²) in [5.41, 5.74) is 0.256. The number of aryl methyl sites for hydroxylation is 1. The molecule has 0 aliphatic heterocycles. The largest absolute Gasteiger partial charge is 0.439 e. The summed E-state index contributed by atoms with van der Waals surface area (Å²) in [5.74, 6) is 0.942. The molecule has 4 aromatic rings. The number of amides is 1. The van der Waals surface area contributed by atoms with E-state index in [1.54, 1.807) is 47.3 Å². The number of anilines is 1. The van der Waals surface area contributed by atoms with Gasteiger partial charge in [-0.05, 0) is 43.3 Å². The number of aromatic nitrogens is 4. The maximum absolute atomic E-state index is 13.9. The maximum atomic E-state index is 13.9. The first kappa shape index (κ1) is 19.5. The van der Waals surface area contributed by atoms with Crippen molar-refractivity contribution in [1.82, 2.24) is 19.5 Å². The van der Waals surface area contributed by atoms with Crippen LogP contribution in [0.15, 0.2) is 67.3 Å². The standard InChI is InChI=1S/C21H15ClFN5O2/c1-13-24-9-10-28(13)18-11-19(26-12-25-18)30-15-7-5-14(6-8-15)27-21(29)20-16(22)3-2-4-17(20)23/h2-12H,1H3,(H,27,29). The Morgan fingerprint density at radius 1 is 1.13 bits per heavy atom. The summed E-state index contributed by atoms with van der Waals surface area (Å²) in [6.45, 7) is 1.87. The molecule has 2 aromatic heterocycles. The summed E-state index contributed by atoms with van der Waals surface area (Å²) in [6.07, 6.45) is 4.87. The van der Waals surface area contributed by atoms with Crippen molar-refractivity contribution in [2.45, 2.75) is 6.92 Å². The van der Waals surface area contributed by atoms with E-state index < -0.39 is 11.7 Å². The van der Waals surface area contributed by atoms with Gasteiger partial charge in [0.25, 0.3) is 5.91 Å².